The second kappa shape index (κ2) is 3.47. The van der Waals surface area contributed by atoms with Gasteiger partial charge in [0.05, 0.1) is 0 Å². The molecule has 4 heteroatoms. The Hall–Kier alpha value is -1.06. The first-order valence-electron chi connectivity index (χ1n) is 5.81. The maximum atomic E-state index is 11.8. The summed E-state index contributed by atoms with van der Waals surface area (Å²) >= 11 is 0. The molecule has 4 nitrogen and oxygen atoms in total. The van der Waals surface area contributed by atoms with Crippen LogP contribution in [-0.2, 0) is 19.1 Å². The summed E-state index contributed by atoms with van der Waals surface area (Å²) in [5, 5.41) is 0. The Bertz CT molecular complexity index is 334. The number of carbonyl (C=O) groups excluding carboxylic acids is 2. The van der Waals surface area contributed by atoms with E-state index < -0.39 is 11.0 Å². The first-order valence-corrected chi connectivity index (χ1v) is 5.81. The van der Waals surface area contributed by atoms with E-state index in [2.05, 4.69) is 0 Å². The third-order valence-corrected chi connectivity index (χ3v) is 3.93. The summed E-state index contributed by atoms with van der Waals surface area (Å²) in [5.41, 5.74) is -1.47. The fourth-order valence-electron chi connectivity index (χ4n) is 2.93. The SMILES string of the molecule is CC(=O)OC12CCCCC1OC(=O)C2(C)C. The molecule has 1 aliphatic heterocycles. The molecule has 1 saturated carbocycles. The minimum absolute atomic E-state index is 0.249. The second-order valence-corrected chi connectivity index (χ2v) is 5.25. The number of hydrogen-bond acceptors (Lipinski definition) is 4. The molecule has 2 aliphatic rings. The Morgan fingerprint density at radius 1 is 1.44 bits per heavy atom. The monoisotopic (exact) mass is 226 g/mol. The van der Waals surface area contributed by atoms with Crippen LogP contribution in [0.4, 0.5) is 0 Å². The van der Waals surface area contributed by atoms with Gasteiger partial charge in [0, 0.05) is 6.92 Å². The molecule has 0 spiro atoms. The number of ether oxygens (including phenoxy) is 2. The van der Waals surface area contributed by atoms with Crippen molar-refractivity contribution >= 4 is 11.9 Å². The molecule has 0 radical (unpaired) electrons. The van der Waals surface area contributed by atoms with Gasteiger partial charge in [0.2, 0.25) is 0 Å². The summed E-state index contributed by atoms with van der Waals surface area (Å²) in [4.78, 5) is 23.1. The molecule has 0 amide bonds. The zero-order valence-corrected chi connectivity index (χ0v) is 10.0. The highest BCUT2D eigenvalue weighted by Crippen LogP contribution is 2.52. The Morgan fingerprint density at radius 2 is 2.12 bits per heavy atom. The average Bonchev–Trinajstić information content (AvgIpc) is 2.36. The van der Waals surface area contributed by atoms with Crippen molar-refractivity contribution in [3.8, 4) is 0 Å². The molecule has 2 unspecified atom stereocenters. The molecule has 2 atom stereocenters. The molecule has 16 heavy (non-hydrogen) atoms. The van der Waals surface area contributed by atoms with Crippen molar-refractivity contribution in [1.82, 2.24) is 0 Å². The Morgan fingerprint density at radius 3 is 2.75 bits per heavy atom. The number of hydrogen-bond donors (Lipinski definition) is 0. The summed E-state index contributed by atoms with van der Waals surface area (Å²) in [5.74, 6) is -0.584. The number of esters is 2. The Balaban J connectivity index is 2.39. The molecule has 2 fully saturated rings. The molecule has 1 heterocycles. The van der Waals surface area contributed by atoms with Crippen molar-refractivity contribution in [3.05, 3.63) is 0 Å². The highest BCUT2D eigenvalue weighted by molar-refractivity contribution is 5.82. The van der Waals surface area contributed by atoms with Crippen molar-refractivity contribution in [2.24, 2.45) is 5.41 Å². The predicted octanol–water partition coefficient (Wildman–Crippen LogP) is 1.81. The molecule has 90 valence electrons. The first kappa shape index (κ1) is 11.4. The molecule has 0 aromatic heterocycles. The van der Waals surface area contributed by atoms with E-state index in [0.717, 1.165) is 25.7 Å². The van der Waals surface area contributed by atoms with Gasteiger partial charge in [-0.1, -0.05) is 0 Å². The molecule has 1 aliphatic carbocycles. The molecule has 0 N–H and O–H groups in total. The maximum absolute atomic E-state index is 11.8. The lowest BCUT2D eigenvalue weighted by molar-refractivity contribution is -0.179. The third kappa shape index (κ3) is 1.35. The van der Waals surface area contributed by atoms with Crippen LogP contribution in [0, 0.1) is 5.41 Å². The quantitative estimate of drug-likeness (QED) is 0.640. The summed E-state index contributed by atoms with van der Waals surface area (Å²) in [7, 11) is 0. The first-order chi connectivity index (χ1) is 7.40. The fraction of sp³-hybridized carbons (Fsp3) is 0.833. The summed E-state index contributed by atoms with van der Waals surface area (Å²) in [6, 6.07) is 0. The lowest BCUT2D eigenvalue weighted by atomic mass is 9.67. The number of fused-ring (bicyclic) bond motifs is 1. The van der Waals surface area contributed by atoms with Gasteiger partial charge < -0.3 is 9.47 Å². The molecule has 0 aromatic rings. The zero-order valence-electron chi connectivity index (χ0n) is 10.0. The number of rotatable bonds is 1. The third-order valence-electron chi connectivity index (χ3n) is 3.93. The van der Waals surface area contributed by atoms with Gasteiger partial charge in [0.15, 0.2) is 5.60 Å². The summed E-state index contributed by atoms with van der Waals surface area (Å²) < 4.78 is 10.9. The Labute approximate surface area is 95.3 Å². The lowest BCUT2D eigenvalue weighted by Gasteiger charge is -2.42. The van der Waals surface area contributed by atoms with Crippen LogP contribution in [0.15, 0.2) is 0 Å². The second-order valence-electron chi connectivity index (χ2n) is 5.25. The average molecular weight is 226 g/mol. The zero-order chi connectivity index (χ0) is 12.0. The lowest BCUT2D eigenvalue weighted by Crippen LogP contribution is -2.54. The van der Waals surface area contributed by atoms with Crippen LogP contribution in [0.3, 0.4) is 0 Å². The van der Waals surface area contributed by atoms with Crippen LogP contribution in [0.1, 0.15) is 46.5 Å². The van der Waals surface area contributed by atoms with Crippen LogP contribution in [-0.4, -0.2) is 23.6 Å². The van der Waals surface area contributed by atoms with Gasteiger partial charge in [-0.3, -0.25) is 9.59 Å². The van der Waals surface area contributed by atoms with E-state index in [-0.39, 0.29) is 18.0 Å². The van der Waals surface area contributed by atoms with Gasteiger partial charge in [-0.2, -0.15) is 0 Å². The molecular formula is C12H18O4. The van der Waals surface area contributed by atoms with E-state index in [1.54, 1.807) is 0 Å². The van der Waals surface area contributed by atoms with E-state index in [4.69, 9.17) is 9.47 Å². The summed E-state index contributed by atoms with van der Waals surface area (Å²) in [6.45, 7) is 5.01. The predicted molar refractivity (Wildman–Crippen MR) is 56.6 cm³/mol. The van der Waals surface area contributed by atoms with Crippen molar-refractivity contribution in [2.45, 2.75) is 58.2 Å². The molecular weight excluding hydrogens is 208 g/mol. The Kier molecular flexibility index (Phi) is 2.48. The molecule has 0 aromatic carbocycles. The minimum Gasteiger partial charge on any atom is -0.458 e. The van der Waals surface area contributed by atoms with Crippen LogP contribution in [0.25, 0.3) is 0 Å². The van der Waals surface area contributed by atoms with E-state index in [1.807, 2.05) is 13.8 Å². The van der Waals surface area contributed by atoms with Crippen LogP contribution < -0.4 is 0 Å². The highest BCUT2D eigenvalue weighted by atomic mass is 16.6. The van der Waals surface area contributed by atoms with Gasteiger partial charge in [-0.05, 0) is 39.5 Å². The smallest absolute Gasteiger partial charge is 0.316 e. The summed E-state index contributed by atoms with van der Waals surface area (Å²) in [6.07, 6.45) is 3.26. The molecule has 1 saturated heterocycles. The van der Waals surface area contributed by atoms with Gasteiger partial charge >= 0.3 is 11.9 Å². The van der Waals surface area contributed by atoms with E-state index in [0.29, 0.717) is 0 Å². The van der Waals surface area contributed by atoms with Crippen molar-refractivity contribution < 1.29 is 19.1 Å². The standard InChI is InChI=1S/C12H18O4/c1-8(13)16-12-7-5-4-6-9(12)15-10(14)11(12,2)3/h9H,4-7H2,1-3H3. The molecule has 0 bridgehead atoms. The van der Waals surface area contributed by atoms with Crippen molar-refractivity contribution in [3.63, 3.8) is 0 Å². The molecule has 2 rings (SSSR count). The van der Waals surface area contributed by atoms with Crippen LogP contribution >= 0.6 is 0 Å². The van der Waals surface area contributed by atoms with Crippen LogP contribution in [0.2, 0.25) is 0 Å². The van der Waals surface area contributed by atoms with E-state index in [9.17, 15) is 9.59 Å². The van der Waals surface area contributed by atoms with E-state index in [1.165, 1.54) is 6.92 Å². The number of carbonyl (C=O) groups is 2. The van der Waals surface area contributed by atoms with E-state index >= 15 is 0 Å². The highest BCUT2D eigenvalue weighted by Gasteiger charge is 2.65. The normalized spacial score (nSPS) is 36.4. The maximum Gasteiger partial charge on any atom is 0.316 e. The van der Waals surface area contributed by atoms with Gasteiger partial charge in [-0.25, -0.2) is 0 Å². The van der Waals surface area contributed by atoms with Crippen molar-refractivity contribution in [1.29, 1.82) is 0 Å². The largest absolute Gasteiger partial charge is 0.458 e. The van der Waals surface area contributed by atoms with Gasteiger partial charge in [0.25, 0.3) is 0 Å². The topological polar surface area (TPSA) is 52.6 Å². The van der Waals surface area contributed by atoms with Gasteiger partial charge in [-0.15, -0.1) is 0 Å². The van der Waals surface area contributed by atoms with Gasteiger partial charge in [0.1, 0.15) is 11.5 Å². The van der Waals surface area contributed by atoms with Crippen LogP contribution in [0.5, 0.6) is 0 Å². The van der Waals surface area contributed by atoms with Crippen molar-refractivity contribution in [2.75, 3.05) is 0 Å². The minimum atomic E-state index is -0.742. The fourth-order valence-corrected chi connectivity index (χ4v) is 2.93.